The largest absolute Gasteiger partial charge is 0.246 e. The lowest BCUT2D eigenvalue weighted by atomic mass is 9.90. The average molecular weight is 514 g/mol. The van der Waals surface area contributed by atoms with E-state index in [-0.39, 0.29) is 17.1 Å². The highest BCUT2D eigenvalue weighted by molar-refractivity contribution is 14.2. The van der Waals surface area contributed by atoms with E-state index in [2.05, 4.69) is 42.5 Å². The molecule has 2 aromatic heterocycles. The number of para-hydroxylation sites is 2. The first-order valence-corrected chi connectivity index (χ1v) is 13.3. The Bertz CT molecular complexity index is 1160. The van der Waals surface area contributed by atoms with Crippen LogP contribution < -0.4 is 0 Å². The molecule has 9 heteroatoms. The van der Waals surface area contributed by atoms with Crippen molar-refractivity contribution < 1.29 is 8.42 Å². The zero-order valence-corrected chi connectivity index (χ0v) is 19.2. The van der Waals surface area contributed by atoms with Crippen LogP contribution in [0.4, 0.5) is 0 Å². The van der Waals surface area contributed by atoms with Crippen LogP contribution in [0.5, 0.6) is 0 Å². The zero-order valence-electron chi connectivity index (χ0n) is 15.4. The zero-order chi connectivity index (χ0) is 19.8. The summed E-state index contributed by atoms with van der Waals surface area (Å²) in [7, 11) is -2.17. The van der Waals surface area contributed by atoms with Crippen molar-refractivity contribution >= 4 is 51.2 Å². The minimum Gasteiger partial charge on any atom is -0.210 e. The first-order valence-electron chi connectivity index (χ1n) is 8.29. The minimum absolute atomic E-state index is 0.0358. The number of halogens is 1. The molecule has 2 heterocycles. The van der Waals surface area contributed by atoms with E-state index in [1.807, 2.05) is 26.8 Å². The van der Waals surface area contributed by atoms with Gasteiger partial charge in [0, 0.05) is 26.6 Å². The molecule has 0 fully saturated rings. The maximum atomic E-state index is 12.8. The Balaban J connectivity index is 2.34. The number of hydrogen-bond donors (Lipinski definition) is 0. The van der Waals surface area contributed by atoms with E-state index in [9.17, 15) is 8.42 Å². The van der Waals surface area contributed by atoms with Gasteiger partial charge in [0.2, 0.25) is 16.0 Å². The first-order chi connectivity index (χ1) is 12.7. The highest BCUT2D eigenvalue weighted by Gasteiger charge is 2.26. The summed E-state index contributed by atoms with van der Waals surface area (Å²) in [5.41, 5.74) is 2.46. The lowest BCUT2D eigenvalue weighted by Gasteiger charge is -2.15. The lowest BCUT2D eigenvalue weighted by molar-refractivity contribution is 0.556. The van der Waals surface area contributed by atoms with Crippen LogP contribution in [-0.4, -0.2) is 32.9 Å². The Morgan fingerprint density at radius 3 is 2.59 bits per heavy atom. The van der Waals surface area contributed by atoms with Crippen LogP contribution in [0.25, 0.3) is 17.0 Å². The fourth-order valence-electron chi connectivity index (χ4n) is 2.74. The molecule has 142 valence electrons. The summed E-state index contributed by atoms with van der Waals surface area (Å²) in [5.74, 6) is 3.31. The molecule has 0 amide bonds. The van der Waals surface area contributed by atoms with Crippen molar-refractivity contribution in [3.63, 3.8) is 0 Å². The van der Waals surface area contributed by atoms with Gasteiger partial charge in [0.05, 0.1) is 34.2 Å². The maximum Gasteiger partial charge on any atom is 0.246 e. The summed E-state index contributed by atoms with van der Waals surface area (Å²) in [4.78, 5) is 4.54. The predicted octanol–water partition coefficient (Wildman–Crippen LogP) is 4.11. The second-order valence-corrected chi connectivity index (χ2v) is 10.7. The van der Waals surface area contributed by atoms with Crippen molar-refractivity contribution in [3.05, 3.63) is 41.7 Å². The van der Waals surface area contributed by atoms with Gasteiger partial charge in [-0.2, -0.15) is 5.10 Å². The number of benzene rings is 1. The average Bonchev–Trinajstić information content (AvgIpc) is 3.21. The molecular weight excluding hydrogens is 495 g/mol. The van der Waals surface area contributed by atoms with E-state index in [0.29, 0.717) is 11.0 Å². The molecule has 0 aliphatic heterocycles. The van der Waals surface area contributed by atoms with Crippen molar-refractivity contribution in [2.75, 3.05) is 5.75 Å². The number of hydrogen-bond acceptors (Lipinski definition) is 5. The minimum atomic E-state index is -3.56. The summed E-state index contributed by atoms with van der Waals surface area (Å²) in [5, 5.41) is 7.64. The van der Waals surface area contributed by atoms with Gasteiger partial charge in [-0.05, 0) is 33.2 Å². The molecule has 0 saturated carbocycles. The van der Waals surface area contributed by atoms with Crippen molar-refractivity contribution in [2.24, 2.45) is 0 Å². The van der Waals surface area contributed by atoms with Crippen LogP contribution in [-0.2, 0) is 15.4 Å². The Kier molecular flexibility index (Phi) is 5.61. The van der Waals surface area contributed by atoms with Crippen molar-refractivity contribution in [3.8, 4) is 17.1 Å². The maximum absolute atomic E-state index is 12.8. The molecule has 27 heavy (non-hydrogen) atoms. The Morgan fingerprint density at radius 1 is 1.26 bits per heavy atom. The van der Waals surface area contributed by atoms with Gasteiger partial charge in [-0.15, -0.1) is 0 Å². The fourth-order valence-corrected chi connectivity index (χ4v) is 4.30. The fraction of sp³-hybridized carbons (Fsp3) is 0.333. The van der Waals surface area contributed by atoms with Crippen molar-refractivity contribution in [1.82, 2.24) is 18.7 Å². The molecule has 6 nitrogen and oxygen atoms in total. The topological polar surface area (TPSA) is 69.8 Å². The Hall–Kier alpha value is -1.51. The molecule has 0 N–H and O–H groups in total. The van der Waals surface area contributed by atoms with Gasteiger partial charge < -0.3 is 0 Å². The third kappa shape index (κ3) is 3.88. The summed E-state index contributed by atoms with van der Waals surface area (Å²) in [6.45, 7) is 7.77. The standard InChI is InChI=1S/C18H19IN4O2S2/c1-5-27(24,25)23-15-9-7-6-8-14(15)20-17(23)22-12-13(10-11-26-19)16(21-22)18(2,3)4/h6-9,12H,5H2,1-4H3. The second-order valence-electron chi connectivity index (χ2n) is 6.96. The predicted molar refractivity (Wildman–Crippen MR) is 119 cm³/mol. The molecule has 0 spiro atoms. The smallest absolute Gasteiger partial charge is 0.210 e. The summed E-state index contributed by atoms with van der Waals surface area (Å²) in [6, 6.07) is 7.18. The first kappa shape index (κ1) is 20.2. The summed E-state index contributed by atoms with van der Waals surface area (Å²) >= 11 is 2.12. The van der Waals surface area contributed by atoms with Gasteiger partial charge in [-0.25, -0.2) is 22.1 Å². The van der Waals surface area contributed by atoms with Crippen LogP contribution in [0.1, 0.15) is 39.0 Å². The molecule has 0 unspecified atom stereocenters. The van der Waals surface area contributed by atoms with Crippen molar-refractivity contribution in [1.29, 1.82) is 0 Å². The molecule has 1 aromatic carbocycles. The van der Waals surface area contributed by atoms with E-state index < -0.39 is 10.0 Å². The molecular formula is C18H19IN4O2S2. The van der Waals surface area contributed by atoms with Gasteiger partial charge in [-0.3, -0.25) is 0 Å². The van der Waals surface area contributed by atoms with Crippen LogP contribution in [0.3, 0.4) is 0 Å². The van der Waals surface area contributed by atoms with Gasteiger partial charge in [-0.1, -0.05) is 38.8 Å². The third-order valence-corrected chi connectivity index (χ3v) is 6.49. The highest BCUT2D eigenvalue weighted by atomic mass is 127. The van der Waals surface area contributed by atoms with E-state index in [1.54, 1.807) is 31.3 Å². The second kappa shape index (κ2) is 7.48. The Morgan fingerprint density at radius 2 is 1.96 bits per heavy atom. The van der Waals surface area contributed by atoms with Crippen LogP contribution >= 0.6 is 30.1 Å². The summed E-state index contributed by atoms with van der Waals surface area (Å²) in [6.07, 6.45) is 1.75. The van der Waals surface area contributed by atoms with Gasteiger partial charge >= 0.3 is 0 Å². The molecule has 0 bridgehead atoms. The van der Waals surface area contributed by atoms with E-state index in [0.717, 1.165) is 11.3 Å². The monoisotopic (exact) mass is 514 g/mol. The van der Waals surface area contributed by atoms with Gasteiger partial charge in [0.15, 0.2) is 0 Å². The molecule has 0 aliphatic carbocycles. The van der Waals surface area contributed by atoms with Gasteiger partial charge in [0.1, 0.15) is 0 Å². The number of imidazole rings is 1. The molecule has 0 aliphatic rings. The quantitative estimate of drug-likeness (QED) is 0.389. The third-order valence-electron chi connectivity index (χ3n) is 4.00. The summed E-state index contributed by atoms with van der Waals surface area (Å²) < 4.78 is 28.4. The highest BCUT2D eigenvalue weighted by Crippen LogP contribution is 2.27. The molecule has 0 saturated heterocycles. The van der Waals surface area contributed by atoms with E-state index >= 15 is 0 Å². The SMILES string of the molecule is CCS(=O)(=O)n1c(-n2cc(C#CSI)c(C(C)(C)C)n2)nc2ccccc21. The lowest BCUT2D eigenvalue weighted by Crippen LogP contribution is -2.19. The number of nitrogens with zero attached hydrogens (tertiary/aromatic N) is 4. The molecule has 3 aromatic rings. The van der Waals surface area contributed by atoms with Crippen LogP contribution in [0.2, 0.25) is 0 Å². The van der Waals surface area contributed by atoms with E-state index in [4.69, 9.17) is 0 Å². The van der Waals surface area contributed by atoms with Gasteiger partial charge in [0.25, 0.3) is 0 Å². The number of fused-ring (bicyclic) bond motifs is 1. The van der Waals surface area contributed by atoms with Crippen molar-refractivity contribution in [2.45, 2.75) is 33.1 Å². The number of rotatable bonds is 3. The molecule has 0 radical (unpaired) electrons. The molecule has 3 rings (SSSR count). The normalized spacial score (nSPS) is 12.2. The van der Waals surface area contributed by atoms with Crippen LogP contribution in [0.15, 0.2) is 30.5 Å². The molecule has 0 atom stereocenters. The Labute approximate surface area is 175 Å². The van der Waals surface area contributed by atoms with Crippen LogP contribution in [0, 0.1) is 11.2 Å². The number of aromatic nitrogens is 4. The van der Waals surface area contributed by atoms with E-state index in [1.165, 1.54) is 17.6 Å².